The summed E-state index contributed by atoms with van der Waals surface area (Å²) in [6.07, 6.45) is -0.582. The topological polar surface area (TPSA) is 76.0 Å². The van der Waals surface area contributed by atoms with Crippen molar-refractivity contribution in [2.24, 2.45) is 0 Å². The fourth-order valence-electron chi connectivity index (χ4n) is 1.99. The van der Waals surface area contributed by atoms with Crippen LogP contribution in [-0.2, 0) is 0 Å². The van der Waals surface area contributed by atoms with Crippen molar-refractivity contribution in [2.75, 3.05) is 0 Å². The quantitative estimate of drug-likeness (QED) is 0.826. The molecule has 0 radical (unpaired) electrons. The smallest absolute Gasteiger partial charge is 0.339 e. The first-order valence-corrected chi connectivity index (χ1v) is 6.42. The Morgan fingerprint density at radius 2 is 1.71 bits per heavy atom. The number of phenols is 1. The van der Waals surface area contributed by atoms with Gasteiger partial charge in [-0.25, -0.2) is 4.79 Å². The number of para-hydroxylation sites is 1. The zero-order chi connectivity index (χ0) is 15.4. The van der Waals surface area contributed by atoms with Crippen molar-refractivity contribution >= 4 is 5.97 Å². The van der Waals surface area contributed by atoms with Gasteiger partial charge in [0.15, 0.2) is 0 Å². The molecule has 0 spiro atoms. The Morgan fingerprint density at radius 3 is 2.29 bits per heavy atom. The Labute approximate surface area is 122 Å². The standard InChI is InChI=1S/C16H16O5/c1-10-8-13(9-14(17)15(10)16(18)19)21-11(2)20-12-6-4-3-5-7-12/h3-9,11,17H,1-2H3,(H,18,19). The van der Waals surface area contributed by atoms with Crippen LogP contribution in [0.4, 0.5) is 0 Å². The van der Waals surface area contributed by atoms with E-state index in [1.165, 1.54) is 6.07 Å². The Kier molecular flexibility index (Phi) is 4.33. The maximum atomic E-state index is 11.0. The van der Waals surface area contributed by atoms with Gasteiger partial charge in [0.05, 0.1) is 0 Å². The highest BCUT2D eigenvalue weighted by atomic mass is 16.7. The first kappa shape index (κ1) is 14.7. The third kappa shape index (κ3) is 3.66. The summed E-state index contributed by atoms with van der Waals surface area (Å²) in [5, 5.41) is 18.7. The molecule has 0 saturated heterocycles. The zero-order valence-corrected chi connectivity index (χ0v) is 11.7. The number of rotatable bonds is 5. The molecule has 2 aromatic rings. The second-order valence-corrected chi connectivity index (χ2v) is 4.56. The van der Waals surface area contributed by atoms with E-state index in [1.807, 2.05) is 18.2 Å². The fourth-order valence-corrected chi connectivity index (χ4v) is 1.99. The Bertz CT molecular complexity index is 613. The van der Waals surface area contributed by atoms with Gasteiger partial charge in [-0.05, 0) is 30.7 Å². The highest BCUT2D eigenvalue weighted by molar-refractivity contribution is 5.92. The van der Waals surface area contributed by atoms with Crippen molar-refractivity contribution in [1.82, 2.24) is 0 Å². The van der Waals surface area contributed by atoms with Gasteiger partial charge in [-0.3, -0.25) is 0 Å². The molecule has 0 saturated carbocycles. The highest BCUT2D eigenvalue weighted by Gasteiger charge is 2.16. The van der Waals surface area contributed by atoms with Gasteiger partial charge in [0.2, 0.25) is 6.29 Å². The maximum Gasteiger partial charge on any atom is 0.339 e. The molecule has 1 atom stereocenters. The van der Waals surface area contributed by atoms with Crippen molar-refractivity contribution < 1.29 is 24.5 Å². The van der Waals surface area contributed by atoms with Gasteiger partial charge in [0, 0.05) is 13.0 Å². The molecule has 1 unspecified atom stereocenters. The molecule has 0 bridgehead atoms. The number of benzene rings is 2. The predicted octanol–water partition coefficient (Wildman–Crippen LogP) is 3.20. The van der Waals surface area contributed by atoms with Crippen LogP contribution in [-0.4, -0.2) is 22.5 Å². The number of carbonyl (C=O) groups is 1. The number of ether oxygens (including phenoxy) is 2. The average Bonchev–Trinajstić information content (AvgIpc) is 2.38. The van der Waals surface area contributed by atoms with Crippen molar-refractivity contribution in [3.8, 4) is 17.2 Å². The monoisotopic (exact) mass is 288 g/mol. The van der Waals surface area contributed by atoms with Gasteiger partial charge in [-0.2, -0.15) is 0 Å². The van der Waals surface area contributed by atoms with Gasteiger partial charge in [0.1, 0.15) is 22.8 Å². The largest absolute Gasteiger partial charge is 0.507 e. The molecule has 0 aromatic heterocycles. The van der Waals surface area contributed by atoms with Crippen molar-refractivity contribution in [3.63, 3.8) is 0 Å². The summed E-state index contributed by atoms with van der Waals surface area (Å²) < 4.78 is 11.1. The van der Waals surface area contributed by atoms with E-state index in [9.17, 15) is 9.90 Å². The number of aromatic hydroxyl groups is 1. The van der Waals surface area contributed by atoms with Crippen molar-refractivity contribution in [3.05, 3.63) is 53.6 Å². The third-order valence-electron chi connectivity index (χ3n) is 2.85. The molecule has 0 amide bonds. The summed E-state index contributed by atoms with van der Waals surface area (Å²) in [7, 11) is 0. The van der Waals surface area contributed by atoms with Gasteiger partial charge in [0.25, 0.3) is 0 Å². The summed E-state index contributed by atoms with van der Waals surface area (Å²) in [6.45, 7) is 3.31. The first-order valence-electron chi connectivity index (χ1n) is 6.42. The van der Waals surface area contributed by atoms with Gasteiger partial charge < -0.3 is 19.7 Å². The Morgan fingerprint density at radius 1 is 1.10 bits per heavy atom. The molecule has 0 fully saturated rings. The Hall–Kier alpha value is -2.69. The molecule has 0 aliphatic rings. The fraction of sp³-hybridized carbons (Fsp3) is 0.188. The van der Waals surface area contributed by atoms with Crippen molar-refractivity contribution in [2.45, 2.75) is 20.1 Å². The summed E-state index contributed by atoms with van der Waals surface area (Å²) in [5.74, 6) is -0.499. The van der Waals surface area contributed by atoms with Crippen LogP contribution in [0, 0.1) is 6.92 Å². The number of aromatic carboxylic acids is 1. The van der Waals surface area contributed by atoms with Crippen molar-refractivity contribution in [1.29, 1.82) is 0 Å². The second-order valence-electron chi connectivity index (χ2n) is 4.56. The molecule has 2 aromatic carbocycles. The van der Waals surface area contributed by atoms with Crippen LogP contribution in [0.5, 0.6) is 17.2 Å². The van der Waals surface area contributed by atoms with E-state index in [0.717, 1.165) is 0 Å². The second kappa shape index (κ2) is 6.17. The van der Waals surface area contributed by atoms with Gasteiger partial charge in [-0.15, -0.1) is 0 Å². The van der Waals surface area contributed by atoms with Gasteiger partial charge in [-0.1, -0.05) is 18.2 Å². The van der Waals surface area contributed by atoms with Crippen LogP contribution in [0.1, 0.15) is 22.8 Å². The molecule has 2 N–H and O–H groups in total. The number of aryl methyl sites for hydroxylation is 1. The maximum absolute atomic E-state index is 11.0. The van der Waals surface area contributed by atoms with E-state index >= 15 is 0 Å². The molecule has 21 heavy (non-hydrogen) atoms. The SMILES string of the molecule is Cc1cc(OC(C)Oc2ccccc2)cc(O)c1C(=O)O. The molecular formula is C16H16O5. The minimum Gasteiger partial charge on any atom is -0.507 e. The lowest BCUT2D eigenvalue weighted by atomic mass is 10.1. The van der Waals surface area contributed by atoms with E-state index in [0.29, 0.717) is 17.1 Å². The molecule has 2 rings (SSSR count). The summed E-state index contributed by atoms with van der Waals surface area (Å²) in [6, 6.07) is 12.0. The Balaban J connectivity index is 2.11. The average molecular weight is 288 g/mol. The van der Waals surface area contributed by atoms with Crippen LogP contribution in [0.3, 0.4) is 0 Å². The van der Waals surface area contributed by atoms with Gasteiger partial charge >= 0.3 is 5.97 Å². The number of carboxylic acids is 1. The lowest BCUT2D eigenvalue weighted by Gasteiger charge is -2.17. The van der Waals surface area contributed by atoms with Crippen LogP contribution >= 0.6 is 0 Å². The van der Waals surface area contributed by atoms with Crippen LogP contribution < -0.4 is 9.47 Å². The van der Waals surface area contributed by atoms with E-state index in [4.69, 9.17) is 14.6 Å². The normalized spacial score (nSPS) is 11.7. The molecule has 0 aliphatic heterocycles. The van der Waals surface area contributed by atoms with Crippen LogP contribution in [0.15, 0.2) is 42.5 Å². The molecule has 5 nitrogen and oxygen atoms in total. The molecule has 110 valence electrons. The van der Waals surface area contributed by atoms with E-state index in [-0.39, 0.29) is 11.3 Å². The molecule has 0 heterocycles. The summed E-state index contributed by atoms with van der Waals surface area (Å²) >= 11 is 0. The molecule has 0 aliphatic carbocycles. The summed E-state index contributed by atoms with van der Waals surface area (Å²) in [4.78, 5) is 11.0. The van der Waals surface area contributed by atoms with Crippen LogP contribution in [0.25, 0.3) is 0 Å². The molecule has 5 heteroatoms. The minimum absolute atomic E-state index is 0.126. The number of hydrogen-bond donors (Lipinski definition) is 2. The zero-order valence-electron chi connectivity index (χ0n) is 11.7. The lowest BCUT2D eigenvalue weighted by Crippen LogP contribution is -2.19. The lowest BCUT2D eigenvalue weighted by molar-refractivity contribution is 0.0221. The van der Waals surface area contributed by atoms with Crippen LogP contribution in [0.2, 0.25) is 0 Å². The number of carboxylic acid groups (broad SMARTS) is 1. The first-order chi connectivity index (χ1) is 9.97. The number of hydrogen-bond acceptors (Lipinski definition) is 4. The highest BCUT2D eigenvalue weighted by Crippen LogP contribution is 2.28. The molecular weight excluding hydrogens is 272 g/mol. The van der Waals surface area contributed by atoms with E-state index in [1.54, 1.807) is 32.0 Å². The predicted molar refractivity (Wildman–Crippen MR) is 77.0 cm³/mol. The summed E-state index contributed by atoms with van der Waals surface area (Å²) in [5.41, 5.74) is 0.295. The van der Waals surface area contributed by atoms with E-state index < -0.39 is 12.3 Å². The third-order valence-corrected chi connectivity index (χ3v) is 2.85. The van der Waals surface area contributed by atoms with E-state index in [2.05, 4.69) is 0 Å². The minimum atomic E-state index is -1.18.